The molecule has 0 N–H and O–H groups in total. The van der Waals surface area contributed by atoms with Crippen LogP contribution in [0.1, 0.15) is 18.5 Å². The number of benzene rings is 2. The number of amides is 1. The second-order valence-corrected chi connectivity index (χ2v) is 8.85. The monoisotopic (exact) mass is 469 g/mol. The summed E-state index contributed by atoms with van der Waals surface area (Å²) in [5.41, 5.74) is 1.43. The highest BCUT2D eigenvalue weighted by molar-refractivity contribution is 7.99. The molecule has 3 aromatic rings. The van der Waals surface area contributed by atoms with E-state index in [-0.39, 0.29) is 23.3 Å². The van der Waals surface area contributed by atoms with E-state index in [9.17, 15) is 9.59 Å². The van der Waals surface area contributed by atoms with Crippen LogP contribution < -0.4 is 15.0 Å². The van der Waals surface area contributed by atoms with Crippen LogP contribution in [0.2, 0.25) is 0 Å². The third kappa shape index (κ3) is 5.15. The number of ether oxygens (including phenoxy) is 3. The van der Waals surface area contributed by atoms with Crippen molar-refractivity contribution in [2.45, 2.75) is 24.7 Å². The van der Waals surface area contributed by atoms with Crippen LogP contribution in [-0.4, -0.2) is 60.1 Å². The number of methoxy groups -OCH3 is 1. The van der Waals surface area contributed by atoms with Crippen molar-refractivity contribution < 1.29 is 19.0 Å². The quantitative estimate of drug-likeness (QED) is 0.370. The zero-order valence-corrected chi connectivity index (χ0v) is 19.8. The Hall–Kier alpha value is -3.04. The number of carbonyl (C=O) groups excluding carboxylic acids is 1. The zero-order chi connectivity index (χ0) is 23.4. The number of nitrogens with zero attached hydrogens (tertiary/aromatic N) is 3. The molecule has 1 unspecified atom stereocenters. The number of hydrogen-bond donors (Lipinski definition) is 0. The average molecular weight is 470 g/mol. The Balaban J connectivity index is 1.49. The lowest BCUT2D eigenvalue weighted by Gasteiger charge is -2.22. The molecule has 1 aromatic heterocycles. The van der Waals surface area contributed by atoms with Crippen LogP contribution in [-0.2, 0) is 16.1 Å². The van der Waals surface area contributed by atoms with E-state index in [2.05, 4.69) is 4.98 Å². The SMILES string of the molecule is COCC(C)n1c(SCC(=O)N(C)Cc2ccc3c(c2)OCCO3)nc2ccccc2c1=O. The molecule has 2 heterocycles. The van der Waals surface area contributed by atoms with Crippen molar-refractivity contribution in [3.8, 4) is 11.5 Å². The van der Waals surface area contributed by atoms with Gasteiger partial charge in [-0.1, -0.05) is 30.0 Å². The molecule has 2 aromatic carbocycles. The fourth-order valence-corrected chi connectivity index (χ4v) is 4.75. The summed E-state index contributed by atoms with van der Waals surface area (Å²) >= 11 is 1.26. The molecule has 0 spiro atoms. The second kappa shape index (κ2) is 10.3. The lowest BCUT2D eigenvalue weighted by molar-refractivity contribution is -0.127. The van der Waals surface area contributed by atoms with Crippen LogP contribution in [0.5, 0.6) is 11.5 Å². The molecule has 0 radical (unpaired) electrons. The first kappa shape index (κ1) is 23.1. The number of fused-ring (bicyclic) bond motifs is 2. The molecule has 1 atom stereocenters. The standard InChI is InChI=1S/C24H27N3O5S/c1-16(14-30-3)27-23(29)18-6-4-5-7-19(18)25-24(27)33-15-22(28)26(2)13-17-8-9-20-21(12-17)32-11-10-31-20/h4-9,12,16H,10-11,13-15H2,1-3H3. The highest BCUT2D eigenvalue weighted by Crippen LogP contribution is 2.31. The Morgan fingerprint density at radius 1 is 1.21 bits per heavy atom. The Morgan fingerprint density at radius 3 is 2.76 bits per heavy atom. The molecule has 4 rings (SSSR count). The predicted molar refractivity (Wildman–Crippen MR) is 127 cm³/mol. The molecule has 8 nitrogen and oxygen atoms in total. The van der Waals surface area contributed by atoms with Gasteiger partial charge in [-0.25, -0.2) is 4.98 Å². The minimum Gasteiger partial charge on any atom is -0.486 e. The van der Waals surface area contributed by atoms with E-state index < -0.39 is 0 Å². The number of hydrogen-bond acceptors (Lipinski definition) is 7. The van der Waals surface area contributed by atoms with Crippen molar-refractivity contribution in [1.82, 2.24) is 14.5 Å². The van der Waals surface area contributed by atoms with Gasteiger partial charge in [-0.3, -0.25) is 14.2 Å². The first-order valence-corrected chi connectivity index (χ1v) is 11.7. The summed E-state index contributed by atoms with van der Waals surface area (Å²) in [7, 11) is 3.35. The minimum absolute atomic E-state index is 0.0664. The maximum Gasteiger partial charge on any atom is 0.262 e. The summed E-state index contributed by atoms with van der Waals surface area (Å²) in [6, 6.07) is 12.7. The third-order valence-electron chi connectivity index (χ3n) is 5.40. The van der Waals surface area contributed by atoms with E-state index in [0.29, 0.717) is 48.2 Å². The first-order chi connectivity index (χ1) is 16.0. The van der Waals surface area contributed by atoms with E-state index in [1.807, 2.05) is 43.3 Å². The number of para-hydroxylation sites is 1. The van der Waals surface area contributed by atoms with Gasteiger partial charge in [-0.05, 0) is 36.8 Å². The Kier molecular flexibility index (Phi) is 7.20. The molecule has 0 saturated carbocycles. The minimum atomic E-state index is -0.215. The van der Waals surface area contributed by atoms with E-state index in [1.54, 1.807) is 29.7 Å². The topological polar surface area (TPSA) is 82.9 Å². The molecular weight excluding hydrogens is 442 g/mol. The molecule has 1 amide bonds. The van der Waals surface area contributed by atoms with E-state index >= 15 is 0 Å². The lowest BCUT2D eigenvalue weighted by Crippen LogP contribution is -2.30. The van der Waals surface area contributed by atoms with Gasteiger partial charge in [-0.15, -0.1) is 0 Å². The molecule has 0 saturated heterocycles. The van der Waals surface area contributed by atoms with Crippen molar-refractivity contribution in [2.24, 2.45) is 0 Å². The summed E-state index contributed by atoms with van der Waals surface area (Å²) in [4.78, 5) is 32.3. The summed E-state index contributed by atoms with van der Waals surface area (Å²) in [5.74, 6) is 1.51. The van der Waals surface area contributed by atoms with Crippen molar-refractivity contribution in [2.75, 3.05) is 39.7 Å². The number of carbonyl (C=O) groups is 1. The van der Waals surface area contributed by atoms with Crippen molar-refractivity contribution >= 4 is 28.6 Å². The zero-order valence-electron chi connectivity index (χ0n) is 18.9. The van der Waals surface area contributed by atoms with Crippen molar-refractivity contribution in [1.29, 1.82) is 0 Å². The van der Waals surface area contributed by atoms with Gasteiger partial charge < -0.3 is 19.1 Å². The normalized spacial score (nSPS) is 13.7. The molecule has 0 fully saturated rings. The molecule has 9 heteroatoms. The number of thioether (sulfide) groups is 1. The maximum absolute atomic E-state index is 13.1. The Morgan fingerprint density at radius 2 is 1.97 bits per heavy atom. The van der Waals surface area contributed by atoms with Crippen LogP contribution in [0.3, 0.4) is 0 Å². The summed E-state index contributed by atoms with van der Waals surface area (Å²) in [6.07, 6.45) is 0. The van der Waals surface area contributed by atoms with Gasteiger partial charge >= 0.3 is 0 Å². The van der Waals surface area contributed by atoms with E-state index in [0.717, 1.165) is 11.3 Å². The summed E-state index contributed by atoms with van der Waals surface area (Å²) < 4.78 is 18.1. The van der Waals surface area contributed by atoms with Gasteiger partial charge in [0.25, 0.3) is 5.56 Å². The van der Waals surface area contributed by atoms with Gasteiger partial charge in [0.2, 0.25) is 5.91 Å². The van der Waals surface area contributed by atoms with Crippen LogP contribution in [0, 0.1) is 0 Å². The summed E-state index contributed by atoms with van der Waals surface area (Å²) in [5, 5.41) is 1.05. The highest BCUT2D eigenvalue weighted by Gasteiger charge is 2.19. The van der Waals surface area contributed by atoms with Gasteiger partial charge in [0.05, 0.1) is 29.3 Å². The van der Waals surface area contributed by atoms with E-state index in [4.69, 9.17) is 14.2 Å². The van der Waals surface area contributed by atoms with Gasteiger partial charge in [0.15, 0.2) is 16.7 Å². The fraction of sp³-hybridized carbons (Fsp3) is 0.375. The average Bonchev–Trinajstić information content (AvgIpc) is 2.82. The van der Waals surface area contributed by atoms with Gasteiger partial charge in [0.1, 0.15) is 13.2 Å². The first-order valence-electron chi connectivity index (χ1n) is 10.7. The van der Waals surface area contributed by atoms with Crippen LogP contribution in [0.4, 0.5) is 0 Å². The van der Waals surface area contributed by atoms with Gasteiger partial charge in [-0.2, -0.15) is 0 Å². The smallest absolute Gasteiger partial charge is 0.262 e. The highest BCUT2D eigenvalue weighted by atomic mass is 32.2. The predicted octanol–water partition coefficient (Wildman–Crippen LogP) is 3.13. The molecule has 174 valence electrons. The molecule has 0 aliphatic carbocycles. The number of aromatic nitrogens is 2. The van der Waals surface area contributed by atoms with Crippen LogP contribution in [0.25, 0.3) is 10.9 Å². The Bertz CT molecular complexity index is 1210. The molecule has 33 heavy (non-hydrogen) atoms. The molecule has 1 aliphatic heterocycles. The maximum atomic E-state index is 13.1. The third-order valence-corrected chi connectivity index (χ3v) is 6.34. The Labute approximate surface area is 196 Å². The van der Waals surface area contributed by atoms with Crippen LogP contribution in [0.15, 0.2) is 52.4 Å². The second-order valence-electron chi connectivity index (χ2n) is 7.91. The largest absolute Gasteiger partial charge is 0.486 e. The lowest BCUT2D eigenvalue weighted by atomic mass is 10.2. The van der Waals surface area contributed by atoms with Gasteiger partial charge in [0, 0.05) is 20.7 Å². The molecule has 0 bridgehead atoms. The molecule has 1 aliphatic rings. The fourth-order valence-electron chi connectivity index (χ4n) is 3.72. The van der Waals surface area contributed by atoms with Crippen molar-refractivity contribution in [3.63, 3.8) is 0 Å². The van der Waals surface area contributed by atoms with Crippen LogP contribution >= 0.6 is 11.8 Å². The molecular formula is C24H27N3O5S. The van der Waals surface area contributed by atoms with Crippen molar-refractivity contribution in [3.05, 3.63) is 58.4 Å². The number of rotatable bonds is 8. The summed E-state index contributed by atoms with van der Waals surface area (Å²) in [6.45, 7) is 3.77. The van der Waals surface area contributed by atoms with E-state index in [1.165, 1.54) is 11.8 Å².